The fourth-order valence-corrected chi connectivity index (χ4v) is 5.22. The summed E-state index contributed by atoms with van der Waals surface area (Å²) in [5.74, 6) is 1.22. The van der Waals surface area contributed by atoms with Crippen LogP contribution in [0.2, 0.25) is 0 Å². The smallest absolute Gasteiger partial charge is 0.206 e. The van der Waals surface area contributed by atoms with Gasteiger partial charge in [-0.15, -0.1) is 22.9 Å². The maximum Gasteiger partial charge on any atom is 0.252 e. The number of nitrogens with zero attached hydrogens (tertiary/aromatic N) is 1. The summed E-state index contributed by atoms with van der Waals surface area (Å²) >= 11 is 6.97. The van der Waals surface area contributed by atoms with E-state index in [2.05, 4.69) is 13.8 Å². The van der Waals surface area contributed by atoms with Crippen LogP contribution in [0.5, 0.6) is 0 Å². The molecule has 0 amide bonds. The fourth-order valence-electron chi connectivity index (χ4n) is 1.97. The van der Waals surface area contributed by atoms with Crippen LogP contribution in [0.3, 0.4) is 0 Å². The van der Waals surface area contributed by atoms with Crippen LogP contribution < -0.4 is 0 Å². The molecule has 1 aromatic heterocycles. The fraction of sp³-hybridized carbons (Fsp3) is 0.636. The molecule has 1 fully saturated rings. The molecule has 6 heteroatoms. The van der Waals surface area contributed by atoms with E-state index < -0.39 is 10.0 Å². The molecule has 17 heavy (non-hydrogen) atoms. The number of thiophene rings is 1. The van der Waals surface area contributed by atoms with E-state index in [-0.39, 0.29) is 0 Å². The molecule has 1 aromatic rings. The van der Waals surface area contributed by atoms with E-state index in [1.807, 2.05) is 0 Å². The second-order valence-electron chi connectivity index (χ2n) is 4.63. The van der Waals surface area contributed by atoms with Gasteiger partial charge in [0.2, 0.25) is 0 Å². The summed E-state index contributed by atoms with van der Waals surface area (Å²) in [7, 11) is -3.30. The number of hydrogen-bond acceptors (Lipinski definition) is 3. The summed E-state index contributed by atoms with van der Waals surface area (Å²) in [6, 6.07) is 3.44. The van der Waals surface area contributed by atoms with Gasteiger partial charge in [0.15, 0.2) is 0 Å². The van der Waals surface area contributed by atoms with Crippen molar-refractivity contribution in [3.8, 4) is 0 Å². The van der Waals surface area contributed by atoms with Crippen molar-refractivity contribution >= 4 is 33.0 Å². The first-order chi connectivity index (χ1) is 7.95. The molecule has 2 heterocycles. The van der Waals surface area contributed by atoms with E-state index in [9.17, 15) is 8.42 Å². The topological polar surface area (TPSA) is 37.4 Å². The van der Waals surface area contributed by atoms with Crippen molar-refractivity contribution in [3.05, 3.63) is 17.0 Å². The van der Waals surface area contributed by atoms with Crippen LogP contribution in [-0.4, -0.2) is 25.8 Å². The second kappa shape index (κ2) is 4.88. The summed E-state index contributed by atoms with van der Waals surface area (Å²) in [4.78, 5) is 0.894. The molecular formula is C11H16ClNO2S2. The number of sulfonamides is 1. The maximum atomic E-state index is 12.3. The molecule has 0 aliphatic carbocycles. The van der Waals surface area contributed by atoms with Crippen molar-refractivity contribution in [1.29, 1.82) is 0 Å². The first-order valence-electron chi connectivity index (χ1n) is 5.60. The molecule has 3 nitrogen and oxygen atoms in total. The Morgan fingerprint density at radius 3 is 2.41 bits per heavy atom. The third-order valence-corrected chi connectivity index (χ3v) is 7.15. The Kier molecular flexibility index (Phi) is 3.83. The minimum Gasteiger partial charge on any atom is -0.206 e. The van der Waals surface area contributed by atoms with E-state index in [4.69, 9.17) is 11.6 Å². The molecule has 96 valence electrons. The van der Waals surface area contributed by atoms with Gasteiger partial charge < -0.3 is 0 Å². The Morgan fingerprint density at radius 1 is 1.35 bits per heavy atom. The average Bonchev–Trinajstić information content (AvgIpc) is 2.87. The molecular weight excluding hydrogens is 278 g/mol. The van der Waals surface area contributed by atoms with Crippen LogP contribution in [0.4, 0.5) is 0 Å². The van der Waals surface area contributed by atoms with Crippen molar-refractivity contribution in [3.63, 3.8) is 0 Å². The van der Waals surface area contributed by atoms with Gasteiger partial charge in [0.25, 0.3) is 10.0 Å². The van der Waals surface area contributed by atoms with Gasteiger partial charge in [0.1, 0.15) is 4.21 Å². The second-order valence-corrected chi connectivity index (χ2v) is 8.23. The van der Waals surface area contributed by atoms with Crippen molar-refractivity contribution in [1.82, 2.24) is 4.31 Å². The van der Waals surface area contributed by atoms with Gasteiger partial charge in [-0.05, 0) is 24.0 Å². The third kappa shape index (κ3) is 2.52. The van der Waals surface area contributed by atoms with E-state index in [1.54, 1.807) is 16.4 Å². The van der Waals surface area contributed by atoms with Crippen LogP contribution in [-0.2, 0) is 15.9 Å². The molecule has 2 unspecified atom stereocenters. The van der Waals surface area contributed by atoms with E-state index in [0.29, 0.717) is 35.0 Å². The molecule has 0 radical (unpaired) electrons. The van der Waals surface area contributed by atoms with Gasteiger partial charge in [-0.2, -0.15) is 4.31 Å². The lowest BCUT2D eigenvalue weighted by atomic mass is 10.0. The standard InChI is InChI=1S/C11H16ClNO2S2/c1-8-6-13(7-9(8)2)17(14,15)11-4-3-10(5-12)16-11/h3-4,8-9H,5-7H2,1-2H3. The first kappa shape index (κ1) is 13.3. The van der Waals surface area contributed by atoms with Crippen LogP contribution in [0.15, 0.2) is 16.3 Å². The van der Waals surface area contributed by atoms with Gasteiger partial charge in [-0.25, -0.2) is 8.42 Å². The number of alkyl halides is 1. The van der Waals surface area contributed by atoms with Crippen LogP contribution in [0, 0.1) is 11.8 Å². The van der Waals surface area contributed by atoms with Gasteiger partial charge in [-0.1, -0.05) is 13.8 Å². The van der Waals surface area contributed by atoms with E-state index in [0.717, 1.165) is 4.88 Å². The minimum absolute atomic E-state index is 0.368. The molecule has 0 spiro atoms. The Morgan fingerprint density at radius 2 is 1.94 bits per heavy atom. The molecule has 2 rings (SSSR count). The molecule has 0 bridgehead atoms. The van der Waals surface area contributed by atoms with Crippen LogP contribution in [0.1, 0.15) is 18.7 Å². The summed E-state index contributed by atoms with van der Waals surface area (Å²) in [5.41, 5.74) is 0. The van der Waals surface area contributed by atoms with Crippen molar-refractivity contribution in [2.24, 2.45) is 11.8 Å². The SMILES string of the molecule is CC1CN(S(=O)(=O)c2ccc(CCl)s2)CC1C. The largest absolute Gasteiger partial charge is 0.252 e. The van der Waals surface area contributed by atoms with E-state index >= 15 is 0 Å². The summed E-state index contributed by atoms with van der Waals surface area (Å²) < 4.78 is 26.7. The summed E-state index contributed by atoms with van der Waals surface area (Å²) in [6.45, 7) is 5.44. The van der Waals surface area contributed by atoms with Crippen molar-refractivity contribution in [2.75, 3.05) is 13.1 Å². The highest BCUT2D eigenvalue weighted by atomic mass is 35.5. The highest BCUT2D eigenvalue weighted by Crippen LogP contribution is 2.31. The lowest BCUT2D eigenvalue weighted by molar-refractivity contribution is 0.465. The molecule has 0 aromatic carbocycles. The molecule has 2 atom stereocenters. The highest BCUT2D eigenvalue weighted by molar-refractivity contribution is 7.91. The van der Waals surface area contributed by atoms with Crippen molar-refractivity contribution in [2.45, 2.75) is 23.9 Å². The lowest BCUT2D eigenvalue weighted by Crippen LogP contribution is -2.28. The monoisotopic (exact) mass is 293 g/mol. The zero-order chi connectivity index (χ0) is 12.6. The first-order valence-corrected chi connectivity index (χ1v) is 8.39. The molecule has 0 saturated carbocycles. The van der Waals surface area contributed by atoms with Gasteiger partial charge in [0.05, 0.1) is 5.88 Å². The predicted octanol–water partition coefficient (Wildman–Crippen LogP) is 2.76. The van der Waals surface area contributed by atoms with Crippen LogP contribution >= 0.6 is 22.9 Å². The van der Waals surface area contributed by atoms with Gasteiger partial charge in [0, 0.05) is 18.0 Å². The predicted molar refractivity (Wildman–Crippen MR) is 71.0 cm³/mol. The van der Waals surface area contributed by atoms with Crippen LogP contribution in [0.25, 0.3) is 0 Å². The Hall–Kier alpha value is -0.100. The summed E-state index contributed by atoms with van der Waals surface area (Å²) in [6.07, 6.45) is 0. The number of rotatable bonds is 3. The molecule has 1 aliphatic rings. The Balaban J connectivity index is 2.25. The Labute approximate surface area is 111 Å². The van der Waals surface area contributed by atoms with Gasteiger partial charge >= 0.3 is 0 Å². The third-order valence-electron chi connectivity index (χ3n) is 3.32. The quantitative estimate of drug-likeness (QED) is 0.804. The Bertz CT molecular complexity index is 487. The molecule has 1 aliphatic heterocycles. The van der Waals surface area contributed by atoms with Gasteiger partial charge in [-0.3, -0.25) is 0 Å². The van der Waals surface area contributed by atoms with E-state index in [1.165, 1.54) is 11.3 Å². The summed E-state index contributed by atoms with van der Waals surface area (Å²) in [5, 5.41) is 0. The zero-order valence-electron chi connectivity index (χ0n) is 9.89. The minimum atomic E-state index is -3.30. The normalized spacial score (nSPS) is 26.5. The highest BCUT2D eigenvalue weighted by Gasteiger charge is 2.35. The molecule has 0 N–H and O–H groups in total. The maximum absolute atomic E-state index is 12.3. The lowest BCUT2D eigenvalue weighted by Gasteiger charge is -2.14. The zero-order valence-corrected chi connectivity index (χ0v) is 12.3. The van der Waals surface area contributed by atoms with Crippen molar-refractivity contribution < 1.29 is 8.42 Å². The molecule has 1 saturated heterocycles. The number of hydrogen-bond donors (Lipinski definition) is 0. The average molecular weight is 294 g/mol. The number of halogens is 1.